The highest BCUT2D eigenvalue weighted by molar-refractivity contribution is 5.96. The molecule has 2 N–H and O–H groups in total. The van der Waals surface area contributed by atoms with Gasteiger partial charge in [0.05, 0.1) is 6.04 Å². The van der Waals surface area contributed by atoms with Crippen molar-refractivity contribution in [1.29, 1.82) is 0 Å². The van der Waals surface area contributed by atoms with Crippen LogP contribution in [0.1, 0.15) is 30.4 Å². The van der Waals surface area contributed by atoms with Gasteiger partial charge in [-0.1, -0.05) is 42.5 Å². The van der Waals surface area contributed by atoms with Crippen LogP contribution in [0, 0.1) is 11.7 Å². The molecule has 1 aliphatic heterocycles. The van der Waals surface area contributed by atoms with E-state index in [1.54, 1.807) is 18.2 Å². The van der Waals surface area contributed by atoms with Crippen molar-refractivity contribution in [2.75, 3.05) is 0 Å². The van der Waals surface area contributed by atoms with Crippen molar-refractivity contribution >= 4 is 17.9 Å². The number of nitrogens with one attached hydrogen (secondary N) is 2. The second kappa shape index (κ2) is 8.47. The maximum absolute atomic E-state index is 13.3. The molecule has 1 saturated carbocycles. The van der Waals surface area contributed by atoms with Crippen LogP contribution in [0.25, 0.3) is 6.08 Å². The Balaban J connectivity index is 1.34. The lowest BCUT2D eigenvalue weighted by molar-refractivity contribution is -0.134. The van der Waals surface area contributed by atoms with E-state index in [1.165, 1.54) is 12.1 Å². The summed E-state index contributed by atoms with van der Waals surface area (Å²) >= 11 is 0. The fourth-order valence-corrected chi connectivity index (χ4v) is 3.91. The van der Waals surface area contributed by atoms with Crippen molar-refractivity contribution < 1.29 is 18.7 Å². The summed E-state index contributed by atoms with van der Waals surface area (Å²) in [5.41, 5.74) is 1.62. The van der Waals surface area contributed by atoms with Gasteiger partial charge in [0.25, 0.3) is 5.91 Å². The predicted molar refractivity (Wildman–Crippen MR) is 107 cm³/mol. The Morgan fingerprint density at radius 3 is 2.79 bits per heavy atom. The average Bonchev–Trinajstić information content (AvgIpc) is 2.73. The quantitative estimate of drug-likeness (QED) is 0.783. The lowest BCUT2D eigenvalue weighted by Crippen LogP contribution is -2.54. The number of benzene rings is 2. The number of carbonyl (C=O) groups excluding carboxylic acids is 2. The molecular formula is C23H23FN2O3. The predicted octanol–water partition coefficient (Wildman–Crippen LogP) is 3.17. The summed E-state index contributed by atoms with van der Waals surface area (Å²) < 4.78 is 19.2. The molecule has 1 heterocycles. The number of ether oxygens (including phenoxy) is 1. The fraction of sp³-hybridized carbons (Fsp3) is 0.304. The lowest BCUT2D eigenvalue weighted by atomic mass is 9.82. The number of amides is 2. The van der Waals surface area contributed by atoms with Crippen LogP contribution in [0.5, 0.6) is 0 Å². The van der Waals surface area contributed by atoms with Gasteiger partial charge in [-0.3, -0.25) is 9.59 Å². The molecule has 150 valence electrons. The molecule has 6 heteroatoms. The van der Waals surface area contributed by atoms with Crippen molar-refractivity contribution in [2.24, 2.45) is 5.92 Å². The summed E-state index contributed by atoms with van der Waals surface area (Å²) in [6, 6.07) is 15.5. The van der Waals surface area contributed by atoms with Crippen LogP contribution in [-0.4, -0.2) is 24.0 Å². The van der Waals surface area contributed by atoms with Gasteiger partial charge in [-0.25, -0.2) is 4.39 Å². The van der Waals surface area contributed by atoms with Crippen LogP contribution < -0.4 is 10.6 Å². The minimum Gasteiger partial charge on any atom is -0.483 e. The van der Waals surface area contributed by atoms with E-state index >= 15 is 0 Å². The molecule has 2 aromatic carbocycles. The second-order valence-electron chi connectivity index (χ2n) is 7.51. The van der Waals surface area contributed by atoms with E-state index in [0.717, 1.165) is 11.1 Å². The molecule has 2 amide bonds. The van der Waals surface area contributed by atoms with E-state index in [0.29, 0.717) is 25.0 Å². The van der Waals surface area contributed by atoms with Crippen LogP contribution in [0.2, 0.25) is 0 Å². The third kappa shape index (κ3) is 4.65. The number of morpholine rings is 1. The molecule has 2 aromatic rings. The number of fused-ring (bicyclic) bond motifs is 1. The van der Waals surface area contributed by atoms with Crippen molar-refractivity contribution in [3.8, 4) is 0 Å². The van der Waals surface area contributed by atoms with Gasteiger partial charge in [0.2, 0.25) is 5.91 Å². The highest BCUT2D eigenvalue weighted by Crippen LogP contribution is 2.31. The van der Waals surface area contributed by atoms with Gasteiger partial charge in [0.1, 0.15) is 11.9 Å². The Morgan fingerprint density at radius 1 is 1.17 bits per heavy atom. The molecule has 2 aliphatic rings. The summed E-state index contributed by atoms with van der Waals surface area (Å²) in [5, 5.41) is 5.87. The first-order valence-corrected chi connectivity index (χ1v) is 9.85. The molecule has 0 radical (unpaired) electrons. The number of hydrogen-bond acceptors (Lipinski definition) is 3. The Bertz CT molecular complexity index is 929. The molecular weight excluding hydrogens is 371 g/mol. The van der Waals surface area contributed by atoms with Gasteiger partial charge >= 0.3 is 0 Å². The largest absolute Gasteiger partial charge is 0.483 e. The molecule has 29 heavy (non-hydrogen) atoms. The average molecular weight is 394 g/mol. The highest BCUT2D eigenvalue weighted by atomic mass is 19.1. The first-order chi connectivity index (χ1) is 14.1. The van der Waals surface area contributed by atoms with Gasteiger partial charge in [-0.05, 0) is 48.6 Å². The van der Waals surface area contributed by atoms with Crippen LogP contribution >= 0.6 is 0 Å². The van der Waals surface area contributed by atoms with E-state index in [1.807, 2.05) is 30.3 Å². The van der Waals surface area contributed by atoms with Gasteiger partial charge in [-0.2, -0.15) is 0 Å². The van der Waals surface area contributed by atoms with Gasteiger partial charge in [0.15, 0.2) is 5.76 Å². The zero-order chi connectivity index (χ0) is 20.2. The zero-order valence-corrected chi connectivity index (χ0v) is 15.9. The summed E-state index contributed by atoms with van der Waals surface area (Å²) in [7, 11) is 0. The molecule has 2 fully saturated rings. The molecule has 5 nitrogen and oxygen atoms in total. The monoisotopic (exact) mass is 394 g/mol. The van der Waals surface area contributed by atoms with Gasteiger partial charge in [0, 0.05) is 12.5 Å². The Morgan fingerprint density at radius 2 is 2.00 bits per heavy atom. The smallest absolute Gasteiger partial charge is 0.286 e. The maximum Gasteiger partial charge on any atom is 0.286 e. The van der Waals surface area contributed by atoms with Crippen molar-refractivity contribution in [3.63, 3.8) is 0 Å². The molecule has 0 aromatic heterocycles. The SMILES string of the molecule is O=C1NC2CC(C(=O)NCc3cccc(F)c3)CCC2O/C1=C\c1ccccc1. The Hall–Kier alpha value is -3.15. The summed E-state index contributed by atoms with van der Waals surface area (Å²) in [6.45, 7) is 0.286. The Labute approximate surface area is 169 Å². The van der Waals surface area contributed by atoms with Crippen molar-refractivity contribution in [3.05, 3.63) is 77.3 Å². The minimum absolute atomic E-state index is 0.0763. The maximum atomic E-state index is 13.3. The first-order valence-electron chi connectivity index (χ1n) is 9.85. The molecule has 1 saturated heterocycles. The van der Waals surface area contributed by atoms with Crippen LogP contribution in [0.3, 0.4) is 0 Å². The first kappa shape index (κ1) is 19.2. The second-order valence-corrected chi connectivity index (χ2v) is 7.51. The highest BCUT2D eigenvalue weighted by Gasteiger charge is 2.40. The van der Waals surface area contributed by atoms with Gasteiger partial charge in [-0.15, -0.1) is 0 Å². The minimum atomic E-state index is -0.321. The van der Waals surface area contributed by atoms with Crippen LogP contribution in [0.4, 0.5) is 4.39 Å². The number of rotatable bonds is 4. The van der Waals surface area contributed by atoms with E-state index in [4.69, 9.17) is 4.74 Å². The summed E-state index contributed by atoms with van der Waals surface area (Å²) in [5.74, 6) is -0.540. The normalized spacial score (nSPS) is 24.9. The molecule has 3 atom stereocenters. The van der Waals surface area contributed by atoms with Crippen molar-refractivity contribution in [2.45, 2.75) is 38.0 Å². The zero-order valence-electron chi connectivity index (χ0n) is 15.9. The van der Waals surface area contributed by atoms with Crippen LogP contribution in [-0.2, 0) is 20.9 Å². The standard InChI is InChI=1S/C23H23FN2O3/c24-18-8-4-7-16(11-18)14-25-22(27)17-9-10-20-19(13-17)26-23(28)21(29-20)12-15-5-2-1-3-6-15/h1-8,11-12,17,19-20H,9-10,13-14H2,(H,25,27)(H,26,28)/b21-12-. The summed E-state index contributed by atoms with van der Waals surface area (Å²) in [6.07, 6.45) is 3.52. The molecule has 0 bridgehead atoms. The third-order valence-electron chi connectivity index (χ3n) is 5.43. The number of halogens is 1. The molecule has 1 aliphatic carbocycles. The van der Waals surface area contributed by atoms with Crippen molar-refractivity contribution in [1.82, 2.24) is 10.6 Å². The molecule has 4 rings (SSSR count). The fourth-order valence-electron chi connectivity index (χ4n) is 3.91. The topological polar surface area (TPSA) is 67.4 Å². The lowest BCUT2D eigenvalue weighted by Gasteiger charge is -2.39. The number of hydrogen-bond donors (Lipinski definition) is 2. The number of carbonyl (C=O) groups is 2. The molecule has 0 spiro atoms. The van der Waals surface area contributed by atoms with Crippen LogP contribution in [0.15, 0.2) is 60.4 Å². The third-order valence-corrected chi connectivity index (χ3v) is 5.43. The van der Waals surface area contributed by atoms with Gasteiger partial charge < -0.3 is 15.4 Å². The van der Waals surface area contributed by atoms with E-state index < -0.39 is 0 Å². The van der Waals surface area contributed by atoms with E-state index in [9.17, 15) is 14.0 Å². The Kier molecular flexibility index (Phi) is 5.60. The molecule has 3 unspecified atom stereocenters. The van der Waals surface area contributed by atoms with E-state index in [2.05, 4.69) is 10.6 Å². The summed E-state index contributed by atoms with van der Waals surface area (Å²) in [4.78, 5) is 25.0. The van der Waals surface area contributed by atoms with E-state index in [-0.39, 0.29) is 42.2 Å².